The van der Waals surface area contributed by atoms with Crippen molar-refractivity contribution >= 4 is 18.3 Å². The topological polar surface area (TPSA) is 67.2 Å². The molecule has 1 saturated heterocycles. The Balaban J connectivity index is 0.00000220. The number of halogens is 3. The minimum absolute atomic E-state index is 0. The van der Waals surface area contributed by atoms with Crippen LogP contribution in [0.4, 0.5) is 8.78 Å². The van der Waals surface area contributed by atoms with E-state index in [0.29, 0.717) is 6.54 Å². The monoisotopic (exact) mass is 323 g/mol. The second-order valence-corrected chi connectivity index (χ2v) is 5.38. The normalized spacial score (nSPS) is 21.7. The second kappa shape index (κ2) is 6.70. The van der Waals surface area contributed by atoms with E-state index < -0.39 is 24.9 Å². The number of carbonyl (C=O) groups is 1. The molecule has 5 nitrogen and oxygen atoms in total. The molecule has 120 valence electrons. The van der Waals surface area contributed by atoms with Gasteiger partial charge >= 0.3 is 0 Å². The van der Waals surface area contributed by atoms with Crippen LogP contribution in [-0.4, -0.2) is 36.1 Å². The summed E-state index contributed by atoms with van der Waals surface area (Å²) in [5, 5.41) is 9.10. The lowest BCUT2D eigenvalue weighted by molar-refractivity contribution is -0.123. The Kier molecular flexibility index (Phi) is 5.69. The summed E-state index contributed by atoms with van der Waals surface area (Å²) >= 11 is 0. The van der Waals surface area contributed by atoms with Gasteiger partial charge in [-0.15, -0.1) is 12.4 Å². The number of carbonyl (C=O) groups excluding carboxylic acids is 1. The maximum absolute atomic E-state index is 13.0. The summed E-state index contributed by atoms with van der Waals surface area (Å²) in [5.74, 6) is -2.45. The standard InChI is InChI=1S/C13H19F2N3O2.ClH/c1-7(11-8(2)18-20-9(11)3)5-16-12(19)10-4-13(14,15)6-17-10;/h7,10,17H,4-6H2,1-3H3,(H,16,19);1H. The molecule has 0 radical (unpaired) electrons. The fraction of sp³-hybridized carbons (Fsp3) is 0.692. The highest BCUT2D eigenvalue weighted by Gasteiger charge is 2.42. The predicted molar refractivity (Wildman–Crippen MR) is 76.0 cm³/mol. The molecule has 1 aromatic rings. The number of alkyl halides is 2. The number of nitrogens with zero attached hydrogens (tertiary/aromatic N) is 1. The maximum Gasteiger partial charge on any atom is 0.262 e. The van der Waals surface area contributed by atoms with E-state index in [4.69, 9.17) is 4.52 Å². The molecule has 21 heavy (non-hydrogen) atoms. The summed E-state index contributed by atoms with van der Waals surface area (Å²) in [5.41, 5.74) is 1.74. The number of hydrogen-bond donors (Lipinski definition) is 2. The molecule has 2 unspecified atom stereocenters. The van der Waals surface area contributed by atoms with Crippen LogP contribution in [0.15, 0.2) is 4.52 Å². The van der Waals surface area contributed by atoms with Gasteiger partial charge in [-0.05, 0) is 13.8 Å². The van der Waals surface area contributed by atoms with Crippen molar-refractivity contribution in [3.63, 3.8) is 0 Å². The molecular weight excluding hydrogens is 304 g/mol. The van der Waals surface area contributed by atoms with Crippen molar-refractivity contribution in [1.82, 2.24) is 15.8 Å². The minimum atomic E-state index is -2.80. The average molecular weight is 324 g/mol. The van der Waals surface area contributed by atoms with Gasteiger partial charge in [0.15, 0.2) is 0 Å². The van der Waals surface area contributed by atoms with Crippen LogP contribution in [-0.2, 0) is 4.79 Å². The van der Waals surface area contributed by atoms with Crippen molar-refractivity contribution in [1.29, 1.82) is 0 Å². The lowest BCUT2D eigenvalue weighted by Crippen LogP contribution is -2.41. The zero-order chi connectivity index (χ0) is 14.9. The van der Waals surface area contributed by atoms with Crippen LogP contribution in [0.5, 0.6) is 0 Å². The van der Waals surface area contributed by atoms with Crippen molar-refractivity contribution in [2.45, 2.75) is 45.1 Å². The molecule has 1 aliphatic heterocycles. The van der Waals surface area contributed by atoms with Crippen molar-refractivity contribution < 1.29 is 18.1 Å². The highest BCUT2D eigenvalue weighted by Crippen LogP contribution is 2.25. The average Bonchev–Trinajstić information content (AvgIpc) is 2.89. The molecule has 2 N–H and O–H groups in total. The van der Waals surface area contributed by atoms with E-state index in [0.717, 1.165) is 17.0 Å². The van der Waals surface area contributed by atoms with Crippen molar-refractivity contribution in [3.8, 4) is 0 Å². The minimum Gasteiger partial charge on any atom is -0.361 e. The maximum atomic E-state index is 13.0. The molecule has 1 amide bonds. The Morgan fingerprint density at radius 1 is 1.57 bits per heavy atom. The first kappa shape index (κ1) is 17.8. The summed E-state index contributed by atoms with van der Waals surface area (Å²) in [6.45, 7) is 5.51. The molecule has 2 atom stereocenters. The molecule has 0 saturated carbocycles. The van der Waals surface area contributed by atoms with E-state index in [2.05, 4.69) is 15.8 Å². The molecule has 1 fully saturated rings. The first-order valence-corrected chi connectivity index (χ1v) is 6.62. The number of aromatic nitrogens is 1. The first-order chi connectivity index (χ1) is 9.30. The lowest BCUT2D eigenvalue weighted by Gasteiger charge is -2.15. The molecule has 2 heterocycles. The molecule has 0 spiro atoms. The van der Waals surface area contributed by atoms with Gasteiger partial charge in [-0.1, -0.05) is 12.1 Å². The highest BCUT2D eigenvalue weighted by atomic mass is 35.5. The summed E-state index contributed by atoms with van der Waals surface area (Å²) in [6.07, 6.45) is -0.446. The van der Waals surface area contributed by atoms with Crippen LogP contribution >= 0.6 is 12.4 Å². The van der Waals surface area contributed by atoms with Crippen LogP contribution in [0, 0.1) is 13.8 Å². The van der Waals surface area contributed by atoms with Crippen molar-refractivity contribution in [3.05, 3.63) is 17.0 Å². The van der Waals surface area contributed by atoms with Gasteiger partial charge in [-0.25, -0.2) is 8.78 Å². The third-order valence-electron chi connectivity index (χ3n) is 3.59. The molecule has 1 aliphatic rings. The van der Waals surface area contributed by atoms with Gasteiger partial charge in [0.2, 0.25) is 5.91 Å². The van der Waals surface area contributed by atoms with Crippen LogP contribution in [0.2, 0.25) is 0 Å². The number of amides is 1. The van der Waals surface area contributed by atoms with E-state index in [9.17, 15) is 13.6 Å². The SMILES string of the molecule is Cc1noc(C)c1C(C)CNC(=O)C1CC(F)(F)CN1.Cl. The van der Waals surface area contributed by atoms with E-state index in [1.165, 1.54) is 0 Å². The molecule has 1 aromatic heterocycles. The van der Waals surface area contributed by atoms with Crippen molar-refractivity contribution in [2.75, 3.05) is 13.1 Å². The highest BCUT2D eigenvalue weighted by molar-refractivity contribution is 5.85. The molecule has 0 aromatic carbocycles. The van der Waals surface area contributed by atoms with Gasteiger partial charge in [0.05, 0.1) is 18.3 Å². The smallest absolute Gasteiger partial charge is 0.262 e. The molecule has 8 heteroatoms. The quantitative estimate of drug-likeness (QED) is 0.888. The first-order valence-electron chi connectivity index (χ1n) is 6.62. The predicted octanol–water partition coefficient (Wildman–Crippen LogP) is 1.93. The van der Waals surface area contributed by atoms with Gasteiger partial charge in [0.25, 0.3) is 5.92 Å². The van der Waals surface area contributed by atoms with Gasteiger partial charge in [-0.3, -0.25) is 10.1 Å². The van der Waals surface area contributed by atoms with E-state index in [1.807, 2.05) is 20.8 Å². The Bertz CT molecular complexity index is 488. The van der Waals surface area contributed by atoms with E-state index in [-0.39, 0.29) is 24.2 Å². The molecule has 2 rings (SSSR count). The van der Waals surface area contributed by atoms with Crippen LogP contribution < -0.4 is 10.6 Å². The van der Waals surface area contributed by atoms with Gasteiger partial charge in [-0.2, -0.15) is 0 Å². The number of hydrogen-bond acceptors (Lipinski definition) is 4. The fourth-order valence-corrected chi connectivity index (χ4v) is 2.57. The van der Waals surface area contributed by atoms with Gasteiger partial charge in [0, 0.05) is 24.4 Å². The Morgan fingerprint density at radius 3 is 2.71 bits per heavy atom. The second-order valence-electron chi connectivity index (χ2n) is 5.38. The summed E-state index contributed by atoms with van der Waals surface area (Å²) in [6, 6.07) is -0.818. The van der Waals surface area contributed by atoms with E-state index >= 15 is 0 Å². The van der Waals surface area contributed by atoms with Crippen LogP contribution in [0.3, 0.4) is 0 Å². The van der Waals surface area contributed by atoms with Gasteiger partial charge < -0.3 is 9.84 Å². The summed E-state index contributed by atoms with van der Waals surface area (Å²) in [7, 11) is 0. The third kappa shape index (κ3) is 4.14. The molecular formula is C13H20ClF2N3O2. The Morgan fingerprint density at radius 2 is 2.24 bits per heavy atom. The zero-order valence-electron chi connectivity index (χ0n) is 12.2. The summed E-state index contributed by atoms with van der Waals surface area (Å²) in [4.78, 5) is 11.8. The van der Waals surface area contributed by atoms with Crippen LogP contribution in [0.1, 0.15) is 36.3 Å². The zero-order valence-corrected chi connectivity index (χ0v) is 13.0. The largest absolute Gasteiger partial charge is 0.361 e. The number of rotatable bonds is 4. The van der Waals surface area contributed by atoms with Crippen molar-refractivity contribution in [2.24, 2.45) is 0 Å². The number of aryl methyl sites for hydroxylation is 2. The fourth-order valence-electron chi connectivity index (χ4n) is 2.57. The number of nitrogens with one attached hydrogen (secondary N) is 2. The molecule has 0 aliphatic carbocycles. The summed E-state index contributed by atoms with van der Waals surface area (Å²) < 4.78 is 31.1. The van der Waals surface area contributed by atoms with E-state index in [1.54, 1.807) is 0 Å². The Labute approximate surface area is 128 Å². The van der Waals surface area contributed by atoms with Gasteiger partial charge in [0.1, 0.15) is 5.76 Å². The van der Waals surface area contributed by atoms with Crippen LogP contribution in [0.25, 0.3) is 0 Å². The lowest BCUT2D eigenvalue weighted by atomic mass is 9.99. The third-order valence-corrected chi connectivity index (χ3v) is 3.59. The Hall–Kier alpha value is -1.21. The molecule has 0 bridgehead atoms.